The first-order chi connectivity index (χ1) is 49.2. The summed E-state index contributed by atoms with van der Waals surface area (Å²) in [6.45, 7) is 5.02. The summed E-state index contributed by atoms with van der Waals surface area (Å²) in [5.74, 6) is -2.10. The zero-order chi connectivity index (χ0) is 73.9. The summed E-state index contributed by atoms with van der Waals surface area (Å²) in [6, 6.07) is 0. The lowest BCUT2D eigenvalue weighted by Crippen LogP contribution is -2.30. The Hall–Kier alpha value is -1.94. The molecule has 5 atom stereocenters. The lowest BCUT2D eigenvalue weighted by atomic mass is 10.0. The predicted molar refractivity (Wildman–Crippen MR) is 414 cm³/mol. The van der Waals surface area contributed by atoms with Gasteiger partial charge in [-0.05, 0) is 25.7 Å². The van der Waals surface area contributed by atoms with E-state index in [0.717, 1.165) is 89.9 Å². The zero-order valence-corrected chi connectivity index (χ0v) is 67.7. The molecule has 0 fully saturated rings. The number of esters is 4. The van der Waals surface area contributed by atoms with Gasteiger partial charge in [-0.15, -0.1) is 0 Å². The second-order valence-corrected chi connectivity index (χ2v) is 32.4. The highest BCUT2D eigenvalue weighted by Gasteiger charge is 2.30. The SMILES string of the molecule is CCCCCCCCCCCCCCCCCCCCCC(=O)OC[C@H](COP(=O)(O)OC[C@@H](O)COP(=O)(O)OC[C@@H](COC(=O)CCCCCCCCCCC)OC(=O)CCCCCCCCCCCCCCCC)OC(=O)CCCCCCCCCCCCCCCCCCCCC. The molecule has 600 valence electrons. The van der Waals surface area contributed by atoms with Crippen molar-refractivity contribution in [2.75, 3.05) is 39.6 Å². The molecule has 0 saturated carbocycles. The summed E-state index contributed by atoms with van der Waals surface area (Å²) in [4.78, 5) is 73.0. The Morgan fingerprint density at radius 2 is 0.396 bits per heavy atom. The van der Waals surface area contributed by atoms with Gasteiger partial charge in [0, 0.05) is 25.7 Å². The van der Waals surface area contributed by atoms with Crippen LogP contribution in [0.5, 0.6) is 0 Å². The minimum absolute atomic E-state index is 0.109. The van der Waals surface area contributed by atoms with E-state index >= 15 is 0 Å². The first kappa shape index (κ1) is 99.1. The topological polar surface area (TPSA) is 237 Å². The summed E-state index contributed by atoms with van der Waals surface area (Å²) in [7, 11) is -9.92. The molecule has 0 bridgehead atoms. The Bertz CT molecular complexity index is 1910. The third kappa shape index (κ3) is 76.1. The number of rotatable bonds is 83. The highest BCUT2D eigenvalue weighted by molar-refractivity contribution is 7.47. The van der Waals surface area contributed by atoms with Gasteiger partial charge < -0.3 is 33.8 Å². The average molecular weight is 1480 g/mol. The van der Waals surface area contributed by atoms with Crippen LogP contribution in [0.15, 0.2) is 0 Å². The van der Waals surface area contributed by atoms with Crippen molar-refractivity contribution in [3.8, 4) is 0 Å². The van der Waals surface area contributed by atoms with Gasteiger partial charge in [0.05, 0.1) is 26.4 Å². The van der Waals surface area contributed by atoms with E-state index in [1.54, 1.807) is 0 Å². The van der Waals surface area contributed by atoms with Gasteiger partial charge in [-0.25, -0.2) is 9.13 Å². The molecule has 3 N–H and O–H groups in total. The van der Waals surface area contributed by atoms with E-state index in [1.165, 1.54) is 276 Å². The highest BCUT2D eigenvalue weighted by atomic mass is 31.2. The van der Waals surface area contributed by atoms with Crippen LogP contribution in [0.3, 0.4) is 0 Å². The maximum absolute atomic E-state index is 13.1. The molecule has 0 aliphatic carbocycles. The molecule has 0 aromatic carbocycles. The van der Waals surface area contributed by atoms with Crippen molar-refractivity contribution in [2.45, 2.75) is 463 Å². The van der Waals surface area contributed by atoms with Crippen LogP contribution in [0.25, 0.3) is 0 Å². The van der Waals surface area contributed by atoms with Crippen LogP contribution in [-0.2, 0) is 65.4 Å². The number of aliphatic hydroxyl groups is 1. The van der Waals surface area contributed by atoms with Crippen LogP contribution in [0.1, 0.15) is 445 Å². The first-order valence-corrected chi connectivity index (χ1v) is 45.8. The summed E-state index contributed by atoms with van der Waals surface area (Å²) >= 11 is 0. The summed E-state index contributed by atoms with van der Waals surface area (Å²) in [5, 5.41) is 10.6. The number of carbonyl (C=O) groups is 4. The smallest absolute Gasteiger partial charge is 0.462 e. The molecule has 0 amide bonds. The largest absolute Gasteiger partial charge is 0.472 e. The number of aliphatic hydroxyl groups excluding tert-OH is 1. The number of phosphoric ester groups is 2. The van der Waals surface area contributed by atoms with E-state index in [4.69, 9.17) is 37.0 Å². The first-order valence-electron chi connectivity index (χ1n) is 42.8. The molecule has 0 aromatic rings. The van der Waals surface area contributed by atoms with Crippen molar-refractivity contribution >= 4 is 39.5 Å². The Kier molecular flexibility index (Phi) is 74.8. The molecular weight excluding hydrogens is 1320 g/mol. The number of hydrogen-bond acceptors (Lipinski definition) is 15. The zero-order valence-electron chi connectivity index (χ0n) is 65.9. The van der Waals surface area contributed by atoms with Gasteiger partial charge in [0.25, 0.3) is 0 Å². The summed E-state index contributed by atoms with van der Waals surface area (Å²) in [5.41, 5.74) is 0. The van der Waals surface area contributed by atoms with Gasteiger partial charge in [0.15, 0.2) is 12.2 Å². The van der Waals surface area contributed by atoms with Gasteiger partial charge in [0.2, 0.25) is 0 Å². The van der Waals surface area contributed by atoms with Crippen molar-refractivity contribution in [2.24, 2.45) is 0 Å². The molecule has 0 aliphatic heterocycles. The Morgan fingerprint density at radius 3 is 0.584 bits per heavy atom. The number of unbranched alkanes of at least 4 members (excludes halogenated alkanes) is 57. The van der Waals surface area contributed by atoms with Crippen LogP contribution >= 0.6 is 15.6 Å². The number of hydrogen-bond donors (Lipinski definition) is 3. The average Bonchev–Trinajstić information content (AvgIpc) is 0.999. The quantitative estimate of drug-likeness (QED) is 0.0222. The van der Waals surface area contributed by atoms with Crippen molar-refractivity contribution in [1.29, 1.82) is 0 Å². The van der Waals surface area contributed by atoms with Crippen LogP contribution in [-0.4, -0.2) is 96.7 Å². The fourth-order valence-corrected chi connectivity index (χ4v) is 14.4. The number of ether oxygens (including phenoxy) is 4. The van der Waals surface area contributed by atoms with Gasteiger partial charge in [-0.2, -0.15) is 0 Å². The highest BCUT2D eigenvalue weighted by Crippen LogP contribution is 2.45. The predicted octanol–water partition coefficient (Wildman–Crippen LogP) is 25.0. The van der Waals surface area contributed by atoms with Crippen molar-refractivity contribution < 1.29 is 80.2 Å². The molecule has 0 rings (SSSR count). The Balaban J connectivity index is 5.21. The second kappa shape index (κ2) is 76.3. The van der Waals surface area contributed by atoms with Crippen molar-refractivity contribution in [1.82, 2.24) is 0 Å². The van der Waals surface area contributed by atoms with E-state index in [-0.39, 0.29) is 25.7 Å². The third-order valence-corrected chi connectivity index (χ3v) is 21.3. The van der Waals surface area contributed by atoms with E-state index in [2.05, 4.69) is 27.7 Å². The van der Waals surface area contributed by atoms with Gasteiger partial charge in [-0.1, -0.05) is 394 Å². The van der Waals surface area contributed by atoms with Crippen LogP contribution in [0.2, 0.25) is 0 Å². The molecule has 19 heteroatoms. The van der Waals surface area contributed by atoms with Crippen LogP contribution in [0, 0.1) is 0 Å². The normalized spacial score (nSPS) is 13.8. The molecule has 0 saturated heterocycles. The lowest BCUT2D eigenvalue weighted by Gasteiger charge is -2.21. The van der Waals surface area contributed by atoms with Crippen LogP contribution < -0.4 is 0 Å². The maximum Gasteiger partial charge on any atom is 0.472 e. The molecule has 0 radical (unpaired) electrons. The summed E-state index contributed by atoms with van der Waals surface area (Å²) < 4.78 is 68.7. The molecule has 101 heavy (non-hydrogen) atoms. The van der Waals surface area contributed by atoms with E-state index in [1.807, 2.05) is 0 Å². The Labute approximate surface area is 619 Å². The summed E-state index contributed by atoms with van der Waals surface area (Å²) in [6.07, 6.45) is 69.4. The van der Waals surface area contributed by atoms with E-state index < -0.39 is 97.5 Å². The molecule has 17 nitrogen and oxygen atoms in total. The lowest BCUT2D eigenvalue weighted by molar-refractivity contribution is -0.161. The molecule has 0 aromatic heterocycles. The maximum atomic E-state index is 13.1. The van der Waals surface area contributed by atoms with Gasteiger partial charge in [0.1, 0.15) is 19.3 Å². The molecular formula is C82H160O17P2. The molecule has 2 unspecified atom stereocenters. The molecule has 0 heterocycles. The van der Waals surface area contributed by atoms with Crippen molar-refractivity contribution in [3.05, 3.63) is 0 Å². The minimum Gasteiger partial charge on any atom is -0.462 e. The van der Waals surface area contributed by atoms with E-state index in [9.17, 15) is 43.2 Å². The van der Waals surface area contributed by atoms with Gasteiger partial charge >= 0.3 is 39.5 Å². The monoisotopic (exact) mass is 1480 g/mol. The second-order valence-electron chi connectivity index (χ2n) is 29.5. The fraction of sp³-hybridized carbons (Fsp3) is 0.951. The number of phosphoric acid groups is 2. The number of carbonyl (C=O) groups excluding carboxylic acids is 4. The van der Waals surface area contributed by atoms with Crippen LogP contribution in [0.4, 0.5) is 0 Å². The molecule has 0 spiro atoms. The minimum atomic E-state index is -4.96. The molecule has 0 aliphatic rings. The van der Waals surface area contributed by atoms with Gasteiger partial charge in [-0.3, -0.25) is 37.3 Å². The fourth-order valence-electron chi connectivity index (χ4n) is 12.8. The van der Waals surface area contributed by atoms with E-state index in [0.29, 0.717) is 25.7 Å². The van der Waals surface area contributed by atoms with Crippen molar-refractivity contribution in [3.63, 3.8) is 0 Å². The Morgan fingerprint density at radius 1 is 0.238 bits per heavy atom. The third-order valence-electron chi connectivity index (χ3n) is 19.4. The standard InChI is InChI=1S/C82H160O17P2/c1-5-9-13-17-21-25-28-31-34-36-38-40-42-45-47-51-55-59-63-67-80(85)93-73-78(99-82(87)69-65-61-57-53-49-46-43-41-39-37-35-32-29-26-22-18-14-10-6-2)75-97-101(90,91)95-71-76(83)70-94-100(88,89)96-74-77(72-92-79(84)66-62-58-54-50-24-20-16-12-8-4)98-81(86)68-64-60-56-52-48-44-33-30-27-23-19-15-11-7-3/h76-78,83H,5-75H2,1-4H3,(H,88,89)(H,90,91)/t76-,77+,78+/m0/s1.